The predicted molar refractivity (Wildman–Crippen MR) is 98.1 cm³/mol. The molecule has 0 saturated carbocycles. The topological polar surface area (TPSA) is 56.8 Å². The number of carbonyl (C=O) groups excluding carboxylic acids is 1. The molecule has 2 rings (SSSR count). The summed E-state index contributed by atoms with van der Waals surface area (Å²) in [4.78, 5) is 11.9. The molecular weight excluding hydrogens is 318 g/mol. The van der Waals surface area contributed by atoms with Gasteiger partial charge in [0.1, 0.15) is 23.9 Å². The van der Waals surface area contributed by atoms with Gasteiger partial charge in [-0.2, -0.15) is 0 Å². The molecule has 132 valence electrons. The van der Waals surface area contributed by atoms with Gasteiger partial charge >= 0.3 is 0 Å². The molecule has 0 heterocycles. The minimum Gasteiger partial charge on any atom is -0.497 e. The highest BCUT2D eigenvalue weighted by molar-refractivity contribution is 5.92. The summed E-state index contributed by atoms with van der Waals surface area (Å²) < 4.78 is 16.2. The van der Waals surface area contributed by atoms with Crippen LogP contribution in [0.2, 0.25) is 0 Å². The molecule has 25 heavy (non-hydrogen) atoms. The Morgan fingerprint density at radius 2 is 1.76 bits per heavy atom. The van der Waals surface area contributed by atoms with Crippen LogP contribution in [0, 0.1) is 0 Å². The first-order valence-corrected chi connectivity index (χ1v) is 8.17. The fraction of sp³-hybridized carbons (Fsp3) is 0.250. The molecule has 2 aromatic rings. The number of benzene rings is 2. The Bertz CT molecular complexity index is 695. The summed E-state index contributed by atoms with van der Waals surface area (Å²) in [5.41, 5.74) is 0.869. The zero-order valence-corrected chi connectivity index (χ0v) is 14.5. The maximum atomic E-state index is 11.9. The van der Waals surface area contributed by atoms with Crippen LogP contribution in [0.4, 0.5) is 0 Å². The molecule has 0 bridgehead atoms. The number of ether oxygens (including phenoxy) is 3. The molecule has 0 aromatic heterocycles. The smallest absolute Gasteiger partial charge is 0.244 e. The van der Waals surface area contributed by atoms with Crippen LogP contribution in [0.5, 0.6) is 17.2 Å². The Kier molecular flexibility index (Phi) is 7.38. The van der Waals surface area contributed by atoms with Gasteiger partial charge in [0.05, 0.1) is 20.3 Å². The summed E-state index contributed by atoms with van der Waals surface area (Å²) in [6.45, 7) is 3.32. The lowest BCUT2D eigenvalue weighted by atomic mass is 10.2. The number of nitrogens with one attached hydrogen (secondary N) is 1. The molecule has 0 radical (unpaired) electrons. The lowest BCUT2D eigenvalue weighted by Crippen LogP contribution is -2.26. The number of hydrogen-bond donors (Lipinski definition) is 1. The summed E-state index contributed by atoms with van der Waals surface area (Å²) in [5.74, 6) is 2.09. The van der Waals surface area contributed by atoms with Gasteiger partial charge in [-0.05, 0) is 43.3 Å². The minimum atomic E-state index is -0.176. The van der Waals surface area contributed by atoms with Crippen LogP contribution in [0.25, 0.3) is 6.08 Å². The van der Waals surface area contributed by atoms with E-state index in [1.54, 1.807) is 13.2 Å². The normalized spacial score (nSPS) is 10.5. The summed E-state index contributed by atoms with van der Waals surface area (Å²) in [7, 11) is 1.62. The van der Waals surface area contributed by atoms with Gasteiger partial charge in [0, 0.05) is 11.6 Å². The highest BCUT2D eigenvalue weighted by Gasteiger charge is 2.00. The summed E-state index contributed by atoms with van der Waals surface area (Å²) in [6.07, 6.45) is 3.23. The molecule has 1 N–H and O–H groups in total. The van der Waals surface area contributed by atoms with Crippen LogP contribution >= 0.6 is 0 Å². The number of hydrogen-bond acceptors (Lipinski definition) is 4. The van der Waals surface area contributed by atoms with Crippen molar-refractivity contribution >= 4 is 12.0 Å². The predicted octanol–water partition coefficient (Wildman–Crippen LogP) is 3.30. The van der Waals surface area contributed by atoms with Gasteiger partial charge in [0.2, 0.25) is 5.91 Å². The first-order chi connectivity index (χ1) is 12.2. The second-order valence-corrected chi connectivity index (χ2v) is 5.12. The van der Waals surface area contributed by atoms with E-state index in [1.165, 1.54) is 6.08 Å². The second-order valence-electron chi connectivity index (χ2n) is 5.12. The first-order valence-electron chi connectivity index (χ1n) is 8.17. The molecule has 0 saturated heterocycles. The maximum absolute atomic E-state index is 11.9. The van der Waals surface area contributed by atoms with E-state index in [4.69, 9.17) is 14.2 Å². The zero-order valence-electron chi connectivity index (χ0n) is 14.5. The van der Waals surface area contributed by atoms with Crippen LogP contribution in [0.15, 0.2) is 54.6 Å². The van der Waals surface area contributed by atoms with Gasteiger partial charge in [-0.3, -0.25) is 4.79 Å². The quantitative estimate of drug-likeness (QED) is 0.562. The third kappa shape index (κ3) is 6.22. The zero-order chi connectivity index (χ0) is 17.9. The highest BCUT2D eigenvalue weighted by Crippen LogP contribution is 2.19. The minimum absolute atomic E-state index is 0.176. The van der Waals surface area contributed by atoms with Gasteiger partial charge in [-0.1, -0.05) is 18.2 Å². The number of rotatable bonds is 9. The van der Waals surface area contributed by atoms with Gasteiger partial charge in [-0.15, -0.1) is 0 Å². The van der Waals surface area contributed by atoms with Crippen molar-refractivity contribution in [2.75, 3.05) is 26.9 Å². The molecule has 0 aliphatic heterocycles. The molecule has 5 nitrogen and oxygen atoms in total. The van der Waals surface area contributed by atoms with Crippen LogP contribution in [0.3, 0.4) is 0 Å². The Labute approximate surface area is 148 Å². The van der Waals surface area contributed by atoms with Crippen molar-refractivity contribution in [1.29, 1.82) is 0 Å². The van der Waals surface area contributed by atoms with Crippen LogP contribution in [-0.2, 0) is 4.79 Å². The van der Waals surface area contributed by atoms with Crippen molar-refractivity contribution in [2.24, 2.45) is 0 Å². The third-order valence-electron chi connectivity index (χ3n) is 3.36. The van der Waals surface area contributed by atoms with Crippen molar-refractivity contribution in [3.05, 3.63) is 60.2 Å². The van der Waals surface area contributed by atoms with E-state index >= 15 is 0 Å². The fourth-order valence-corrected chi connectivity index (χ4v) is 2.14. The maximum Gasteiger partial charge on any atom is 0.244 e. The molecular formula is C20H23NO4. The van der Waals surface area contributed by atoms with E-state index in [1.807, 2.05) is 55.5 Å². The average molecular weight is 341 g/mol. The highest BCUT2D eigenvalue weighted by atomic mass is 16.5. The molecule has 2 aromatic carbocycles. The summed E-state index contributed by atoms with van der Waals surface area (Å²) in [6, 6.07) is 14.9. The average Bonchev–Trinajstić information content (AvgIpc) is 2.65. The summed E-state index contributed by atoms with van der Waals surface area (Å²) in [5, 5.41) is 2.78. The van der Waals surface area contributed by atoms with E-state index in [-0.39, 0.29) is 5.91 Å². The lowest BCUT2D eigenvalue weighted by Gasteiger charge is -2.08. The lowest BCUT2D eigenvalue weighted by molar-refractivity contribution is -0.116. The first kappa shape index (κ1) is 18.4. The van der Waals surface area contributed by atoms with E-state index in [2.05, 4.69) is 5.32 Å². The number of para-hydroxylation sites is 1. The van der Waals surface area contributed by atoms with Crippen molar-refractivity contribution < 1.29 is 19.0 Å². The molecule has 0 aliphatic rings. The fourth-order valence-electron chi connectivity index (χ4n) is 2.14. The van der Waals surface area contributed by atoms with Crippen LogP contribution in [0.1, 0.15) is 12.5 Å². The molecule has 0 fully saturated rings. The van der Waals surface area contributed by atoms with E-state index in [0.717, 1.165) is 22.8 Å². The largest absolute Gasteiger partial charge is 0.497 e. The monoisotopic (exact) mass is 341 g/mol. The van der Waals surface area contributed by atoms with Crippen molar-refractivity contribution in [3.63, 3.8) is 0 Å². The van der Waals surface area contributed by atoms with Crippen molar-refractivity contribution in [3.8, 4) is 17.2 Å². The van der Waals surface area contributed by atoms with Crippen molar-refractivity contribution in [1.82, 2.24) is 5.32 Å². The Morgan fingerprint density at radius 3 is 2.48 bits per heavy atom. The van der Waals surface area contributed by atoms with E-state index in [0.29, 0.717) is 19.8 Å². The summed E-state index contributed by atoms with van der Waals surface area (Å²) >= 11 is 0. The van der Waals surface area contributed by atoms with Gasteiger partial charge < -0.3 is 19.5 Å². The molecule has 5 heteroatoms. The number of amides is 1. The van der Waals surface area contributed by atoms with Gasteiger partial charge in [0.25, 0.3) is 0 Å². The second kappa shape index (κ2) is 10.0. The Hall–Kier alpha value is -2.95. The SMILES string of the molecule is CCOc1ccccc1/C=C/C(=O)NCCOc1ccc(OC)cc1. The molecule has 0 atom stereocenters. The molecule has 0 unspecified atom stereocenters. The van der Waals surface area contributed by atoms with Crippen LogP contribution in [-0.4, -0.2) is 32.8 Å². The molecule has 0 aliphatic carbocycles. The standard InChI is InChI=1S/C20H23NO4/c1-3-24-19-7-5-4-6-16(19)8-13-20(22)21-14-15-25-18-11-9-17(23-2)10-12-18/h4-13H,3,14-15H2,1-2H3,(H,21,22)/b13-8+. The van der Waals surface area contributed by atoms with E-state index in [9.17, 15) is 4.79 Å². The van der Waals surface area contributed by atoms with Crippen LogP contribution < -0.4 is 19.5 Å². The molecule has 1 amide bonds. The number of methoxy groups -OCH3 is 1. The molecule has 0 spiro atoms. The third-order valence-corrected chi connectivity index (χ3v) is 3.36. The van der Waals surface area contributed by atoms with E-state index < -0.39 is 0 Å². The number of carbonyl (C=O) groups is 1. The Morgan fingerprint density at radius 1 is 1.04 bits per heavy atom. The Balaban J connectivity index is 1.75. The van der Waals surface area contributed by atoms with Crippen molar-refractivity contribution in [2.45, 2.75) is 6.92 Å². The van der Waals surface area contributed by atoms with Gasteiger partial charge in [-0.25, -0.2) is 0 Å². The van der Waals surface area contributed by atoms with Gasteiger partial charge in [0.15, 0.2) is 0 Å².